The van der Waals surface area contributed by atoms with Crippen LogP contribution in [0.2, 0.25) is 0 Å². The highest BCUT2D eigenvalue weighted by atomic mass is 16.5. The molecule has 148 valence electrons. The number of methoxy groups -OCH3 is 1. The zero-order valence-corrected chi connectivity index (χ0v) is 16.3. The number of hydrogen-bond acceptors (Lipinski definition) is 6. The van der Waals surface area contributed by atoms with Gasteiger partial charge in [0.25, 0.3) is 11.3 Å². The fraction of sp³-hybridized carbons (Fsp3) is 0.450. The van der Waals surface area contributed by atoms with Crippen molar-refractivity contribution < 1.29 is 4.74 Å². The van der Waals surface area contributed by atoms with Crippen LogP contribution in [0.25, 0.3) is 5.78 Å². The zero-order valence-electron chi connectivity index (χ0n) is 16.3. The maximum atomic E-state index is 12.5. The minimum absolute atomic E-state index is 0.144. The summed E-state index contributed by atoms with van der Waals surface area (Å²) in [6, 6.07) is 9.91. The molecule has 0 spiro atoms. The molecule has 0 bridgehead atoms. The van der Waals surface area contributed by atoms with Crippen LogP contribution in [0.1, 0.15) is 37.4 Å². The smallest absolute Gasteiger partial charge is 0.274 e. The highest BCUT2D eigenvalue weighted by molar-refractivity contribution is 5.38. The van der Waals surface area contributed by atoms with Crippen molar-refractivity contribution in [3.63, 3.8) is 0 Å². The number of benzene rings is 1. The lowest BCUT2D eigenvalue weighted by atomic mass is 10.0. The minimum atomic E-state index is -0.144. The first-order valence-corrected chi connectivity index (χ1v) is 9.72. The van der Waals surface area contributed by atoms with Crippen molar-refractivity contribution >= 4 is 11.7 Å². The number of nitrogens with one attached hydrogen (secondary N) is 2. The van der Waals surface area contributed by atoms with Crippen LogP contribution in [-0.2, 0) is 13.1 Å². The Morgan fingerprint density at radius 3 is 2.82 bits per heavy atom. The molecule has 3 heterocycles. The number of aromatic amines is 1. The number of fused-ring (bicyclic) bond motifs is 1. The molecule has 4 rings (SSSR count). The van der Waals surface area contributed by atoms with Gasteiger partial charge in [0.05, 0.1) is 12.8 Å². The van der Waals surface area contributed by atoms with Crippen molar-refractivity contribution in [1.82, 2.24) is 24.5 Å². The first-order valence-electron chi connectivity index (χ1n) is 9.72. The Hall–Kier alpha value is -2.87. The fourth-order valence-electron chi connectivity index (χ4n) is 3.62. The standard InChI is InChI=1S/C20H26N6O2/c1-14-5-3-4-10-25(14)13-16-11-18(27)26-20(22-16)23-19(24-26)21-12-15-6-8-17(28-2)9-7-15/h6-9,11,14H,3-5,10,12-13H2,1-2H3,(H2,21,22,23,24). The largest absolute Gasteiger partial charge is 0.497 e. The van der Waals surface area contributed by atoms with E-state index in [0.717, 1.165) is 23.6 Å². The number of nitrogens with zero attached hydrogens (tertiary/aromatic N) is 4. The number of ether oxygens (including phenoxy) is 1. The van der Waals surface area contributed by atoms with Crippen LogP contribution in [0, 0.1) is 0 Å². The molecule has 1 unspecified atom stereocenters. The molecule has 2 N–H and O–H groups in total. The van der Waals surface area contributed by atoms with Gasteiger partial charge in [-0.2, -0.15) is 9.50 Å². The lowest BCUT2D eigenvalue weighted by Gasteiger charge is -2.32. The topological polar surface area (TPSA) is 87.5 Å². The molecule has 0 radical (unpaired) electrons. The van der Waals surface area contributed by atoms with E-state index in [1.54, 1.807) is 13.2 Å². The third-order valence-electron chi connectivity index (χ3n) is 5.31. The molecule has 0 saturated carbocycles. The molecule has 3 aromatic rings. The summed E-state index contributed by atoms with van der Waals surface area (Å²) in [6.07, 6.45) is 3.67. The number of anilines is 1. The minimum Gasteiger partial charge on any atom is -0.497 e. The Morgan fingerprint density at radius 2 is 2.07 bits per heavy atom. The van der Waals surface area contributed by atoms with Crippen LogP contribution in [0.5, 0.6) is 5.75 Å². The Kier molecular flexibility index (Phi) is 5.29. The average Bonchev–Trinajstić information content (AvgIpc) is 3.12. The van der Waals surface area contributed by atoms with E-state index in [-0.39, 0.29) is 5.56 Å². The molecule has 1 fully saturated rings. The van der Waals surface area contributed by atoms with Gasteiger partial charge in [-0.05, 0) is 44.0 Å². The molecule has 1 aromatic carbocycles. The van der Waals surface area contributed by atoms with Gasteiger partial charge in [0.1, 0.15) is 5.75 Å². The summed E-state index contributed by atoms with van der Waals surface area (Å²) in [7, 11) is 1.65. The second-order valence-electron chi connectivity index (χ2n) is 7.31. The van der Waals surface area contributed by atoms with Crippen LogP contribution in [0.15, 0.2) is 35.1 Å². The van der Waals surface area contributed by atoms with Crippen LogP contribution in [0.4, 0.5) is 5.95 Å². The maximum absolute atomic E-state index is 12.5. The third kappa shape index (κ3) is 4.01. The Balaban J connectivity index is 1.48. The van der Waals surface area contributed by atoms with E-state index in [4.69, 9.17) is 4.74 Å². The number of H-pyrrole nitrogens is 1. The van der Waals surface area contributed by atoms with E-state index in [2.05, 4.69) is 32.2 Å². The van der Waals surface area contributed by atoms with Crippen molar-refractivity contribution in [2.45, 2.75) is 45.3 Å². The summed E-state index contributed by atoms with van der Waals surface area (Å²) >= 11 is 0. The highest BCUT2D eigenvalue weighted by Gasteiger charge is 2.19. The molecule has 8 heteroatoms. The quantitative estimate of drug-likeness (QED) is 0.681. The van der Waals surface area contributed by atoms with Gasteiger partial charge in [0.15, 0.2) is 0 Å². The fourth-order valence-corrected chi connectivity index (χ4v) is 3.62. The summed E-state index contributed by atoms with van der Waals surface area (Å²) in [4.78, 5) is 23.9. The number of hydrogen-bond donors (Lipinski definition) is 2. The lowest BCUT2D eigenvalue weighted by Crippen LogP contribution is -2.37. The maximum Gasteiger partial charge on any atom is 0.274 e. The van der Waals surface area contributed by atoms with Gasteiger partial charge in [-0.1, -0.05) is 18.6 Å². The number of aromatic nitrogens is 4. The van der Waals surface area contributed by atoms with Crippen molar-refractivity contribution in [2.24, 2.45) is 0 Å². The van der Waals surface area contributed by atoms with Gasteiger partial charge in [0.2, 0.25) is 5.95 Å². The van der Waals surface area contributed by atoms with Crippen LogP contribution in [0.3, 0.4) is 0 Å². The van der Waals surface area contributed by atoms with Crippen LogP contribution in [-0.4, -0.2) is 44.2 Å². The van der Waals surface area contributed by atoms with Gasteiger partial charge >= 0.3 is 0 Å². The number of piperidine rings is 1. The summed E-state index contributed by atoms with van der Waals surface area (Å²) in [6.45, 7) is 4.56. The SMILES string of the molecule is COc1ccc(CNc2nc3nc(CN4CCCCC4C)cc(=O)n3[nH]2)cc1. The molecular weight excluding hydrogens is 356 g/mol. The molecule has 2 aromatic heterocycles. The summed E-state index contributed by atoms with van der Waals surface area (Å²) in [5.74, 6) is 1.73. The van der Waals surface area contributed by atoms with Gasteiger partial charge in [-0.25, -0.2) is 4.98 Å². The van der Waals surface area contributed by atoms with E-state index >= 15 is 0 Å². The summed E-state index contributed by atoms with van der Waals surface area (Å²) in [5, 5.41) is 6.18. The Labute approximate surface area is 163 Å². The van der Waals surface area contributed by atoms with Crippen molar-refractivity contribution in [3.8, 4) is 5.75 Å². The van der Waals surface area contributed by atoms with Crippen molar-refractivity contribution in [3.05, 3.63) is 51.9 Å². The Morgan fingerprint density at radius 1 is 1.25 bits per heavy atom. The van der Waals surface area contributed by atoms with Gasteiger partial charge in [0, 0.05) is 25.2 Å². The number of likely N-dealkylation sites (tertiary alicyclic amines) is 1. The molecule has 1 aliphatic rings. The second kappa shape index (κ2) is 8.02. The van der Waals surface area contributed by atoms with Crippen molar-refractivity contribution in [1.29, 1.82) is 0 Å². The molecule has 8 nitrogen and oxygen atoms in total. The van der Waals surface area contributed by atoms with Crippen molar-refractivity contribution in [2.75, 3.05) is 19.0 Å². The first kappa shape index (κ1) is 18.5. The monoisotopic (exact) mass is 382 g/mol. The molecule has 1 atom stereocenters. The molecule has 1 aliphatic heterocycles. The van der Waals surface area contributed by atoms with Gasteiger partial charge in [-0.3, -0.25) is 14.8 Å². The molecule has 28 heavy (non-hydrogen) atoms. The predicted molar refractivity (Wildman–Crippen MR) is 108 cm³/mol. The predicted octanol–water partition coefficient (Wildman–Crippen LogP) is 2.41. The molecule has 0 aliphatic carbocycles. The molecule has 0 amide bonds. The third-order valence-corrected chi connectivity index (χ3v) is 5.31. The van der Waals surface area contributed by atoms with E-state index in [0.29, 0.717) is 30.9 Å². The first-order chi connectivity index (χ1) is 13.6. The van der Waals surface area contributed by atoms with Gasteiger partial charge in [-0.15, -0.1) is 0 Å². The van der Waals surface area contributed by atoms with E-state index in [1.165, 1.54) is 23.8 Å². The Bertz CT molecular complexity index is 994. The normalized spacial score (nSPS) is 17.7. The van der Waals surface area contributed by atoms with E-state index < -0.39 is 0 Å². The van der Waals surface area contributed by atoms with E-state index in [1.807, 2.05) is 24.3 Å². The van der Waals surface area contributed by atoms with E-state index in [9.17, 15) is 4.79 Å². The van der Waals surface area contributed by atoms with Crippen LogP contribution < -0.4 is 15.6 Å². The van der Waals surface area contributed by atoms with Crippen LogP contribution >= 0.6 is 0 Å². The second-order valence-corrected chi connectivity index (χ2v) is 7.31. The highest BCUT2D eigenvalue weighted by Crippen LogP contribution is 2.18. The zero-order chi connectivity index (χ0) is 19.5. The molecular formula is C20H26N6O2. The lowest BCUT2D eigenvalue weighted by molar-refractivity contribution is 0.151. The van der Waals surface area contributed by atoms with Gasteiger partial charge < -0.3 is 10.1 Å². The number of rotatable bonds is 6. The molecule has 1 saturated heterocycles. The summed E-state index contributed by atoms with van der Waals surface area (Å²) < 4.78 is 6.54. The average molecular weight is 382 g/mol. The summed E-state index contributed by atoms with van der Waals surface area (Å²) in [5.41, 5.74) is 1.71.